The monoisotopic (exact) mass is 368 g/mol. The zero-order chi connectivity index (χ0) is 15.8. The van der Waals surface area contributed by atoms with E-state index in [1.807, 2.05) is 24.3 Å². The zero-order valence-corrected chi connectivity index (χ0v) is 14.2. The maximum atomic E-state index is 12.6. The number of benzene rings is 2. The van der Waals surface area contributed by atoms with E-state index in [4.69, 9.17) is 0 Å². The fourth-order valence-corrected chi connectivity index (χ4v) is 3.61. The van der Waals surface area contributed by atoms with Gasteiger partial charge in [-0.15, -0.1) is 0 Å². The topological polar surface area (TPSA) is 41.1 Å². The number of halogens is 1. The van der Waals surface area contributed by atoms with Crippen LogP contribution in [0.1, 0.15) is 30.9 Å². The lowest BCUT2D eigenvalue weighted by atomic mass is 9.87. The molecule has 3 nitrogen and oxygen atoms in total. The van der Waals surface area contributed by atoms with E-state index >= 15 is 0 Å². The van der Waals surface area contributed by atoms with Crippen molar-refractivity contribution in [3.63, 3.8) is 0 Å². The number of nitrogens with one attached hydrogen (secondary N) is 2. The molecule has 1 aliphatic carbocycles. The molecule has 2 aromatic rings. The van der Waals surface area contributed by atoms with Gasteiger partial charge >= 0.3 is 0 Å². The maximum Gasteiger partial charge on any atom is 0.163 e. The highest BCUT2D eigenvalue weighted by Crippen LogP contribution is 2.40. The predicted octanol–water partition coefficient (Wildman–Crippen LogP) is 5.03. The average Bonchev–Trinajstić information content (AvgIpc) is 2.73. The normalized spacial score (nSPS) is 20.0. The summed E-state index contributed by atoms with van der Waals surface area (Å²) in [7, 11) is 0. The largest absolute Gasteiger partial charge is 0.372 e. The Hall–Kier alpha value is -2.07. The standard InChI is InChI=1S/C19H17BrN2O/c20-13-10-8-12(9-11-13)19-18-16(6-3-7-17(18)23)21-14-4-1-2-5-15(14)22-19/h1-2,4-5,8-11,19,21-22H,3,6-7H2/t19-/m1/s1. The van der Waals surface area contributed by atoms with Crippen LogP contribution in [0.4, 0.5) is 11.4 Å². The van der Waals surface area contributed by atoms with Crippen LogP contribution in [0.2, 0.25) is 0 Å². The molecular weight excluding hydrogens is 352 g/mol. The number of rotatable bonds is 1. The first-order chi connectivity index (χ1) is 11.2. The Morgan fingerprint density at radius 3 is 2.48 bits per heavy atom. The van der Waals surface area contributed by atoms with Crippen molar-refractivity contribution in [2.75, 3.05) is 10.6 Å². The Labute approximate surface area is 143 Å². The molecule has 0 bridgehead atoms. The van der Waals surface area contributed by atoms with Gasteiger partial charge in [0, 0.05) is 22.2 Å². The summed E-state index contributed by atoms with van der Waals surface area (Å²) in [5, 5.41) is 7.06. The van der Waals surface area contributed by atoms with E-state index in [2.05, 4.69) is 50.8 Å². The second kappa shape index (κ2) is 5.85. The van der Waals surface area contributed by atoms with Gasteiger partial charge < -0.3 is 10.6 Å². The van der Waals surface area contributed by atoms with Crippen LogP contribution in [-0.4, -0.2) is 5.78 Å². The molecule has 4 heteroatoms. The van der Waals surface area contributed by atoms with Crippen molar-refractivity contribution in [1.82, 2.24) is 0 Å². The van der Waals surface area contributed by atoms with Crippen molar-refractivity contribution in [3.8, 4) is 0 Å². The number of Topliss-reactive ketones (excluding diaryl/α,β-unsaturated/α-hetero) is 1. The minimum absolute atomic E-state index is 0.109. The van der Waals surface area contributed by atoms with Gasteiger partial charge in [-0.25, -0.2) is 0 Å². The SMILES string of the molecule is O=C1CCCC2=C1[C@@H](c1ccc(Br)cc1)Nc1ccccc1N2. The van der Waals surface area contributed by atoms with Gasteiger partial charge in [0.2, 0.25) is 0 Å². The predicted molar refractivity (Wildman–Crippen MR) is 96.5 cm³/mol. The Bertz CT molecular complexity index is 795. The highest BCUT2D eigenvalue weighted by molar-refractivity contribution is 9.10. The molecule has 2 aliphatic rings. The number of hydrogen-bond acceptors (Lipinski definition) is 3. The molecular formula is C19H17BrN2O. The van der Waals surface area contributed by atoms with Gasteiger partial charge in [0.15, 0.2) is 5.78 Å². The van der Waals surface area contributed by atoms with E-state index in [0.717, 1.165) is 45.5 Å². The van der Waals surface area contributed by atoms with E-state index in [9.17, 15) is 4.79 Å². The molecule has 0 radical (unpaired) electrons. The number of para-hydroxylation sites is 2. The smallest absolute Gasteiger partial charge is 0.163 e. The molecule has 2 aromatic carbocycles. The number of fused-ring (bicyclic) bond motifs is 1. The molecule has 0 amide bonds. The summed E-state index contributed by atoms with van der Waals surface area (Å²) in [5.74, 6) is 0.243. The highest BCUT2D eigenvalue weighted by atomic mass is 79.9. The summed E-state index contributed by atoms with van der Waals surface area (Å²) in [6.45, 7) is 0. The third kappa shape index (κ3) is 2.68. The van der Waals surface area contributed by atoms with Crippen molar-refractivity contribution < 1.29 is 4.79 Å². The van der Waals surface area contributed by atoms with E-state index in [1.54, 1.807) is 0 Å². The number of ketones is 1. The molecule has 1 heterocycles. The molecule has 4 rings (SSSR count). The van der Waals surface area contributed by atoms with E-state index in [0.29, 0.717) is 6.42 Å². The molecule has 1 aliphatic heterocycles. The molecule has 0 unspecified atom stereocenters. The van der Waals surface area contributed by atoms with Crippen molar-refractivity contribution in [2.45, 2.75) is 25.3 Å². The highest BCUT2D eigenvalue weighted by Gasteiger charge is 2.31. The number of carbonyl (C=O) groups is 1. The zero-order valence-electron chi connectivity index (χ0n) is 12.6. The van der Waals surface area contributed by atoms with Gasteiger partial charge in [-0.1, -0.05) is 40.2 Å². The van der Waals surface area contributed by atoms with Crippen LogP contribution in [0.3, 0.4) is 0 Å². The third-order valence-corrected chi connectivity index (χ3v) is 4.99. The fourth-order valence-electron chi connectivity index (χ4n) is 3.34. The average molecular weight is 369 g/mol. The third-order valence-electron chi connectivity index (χ3n) is 4.46. The molecule has 0 saturated heterocycles. The molecule has 116 valence electrons. The number of allylic oxidation sites excluding steroid dienone is 1. The van der Waals surface area contributed by atoms with Crippen molar-refractivity contribution in [1.29, 1.82) is 0 Å². The van der Waals surface area contributed by atoms with Crippen molar-refractivity contribution >= 4 is 33.1 Å². The number of anilines is 2. The maximum absolute atomic E-state index is 12.6. The van der Waals surface area contributed by atoms with Crippen molar-refractivity contribution in [3.05, 3.63) is 69.8 Å². The second-order valence-electron chi connectivity index (χ2n) is 5.97. The minimum atomic E-state index is -0.109. The summed E-state index contributed by atoms with van der Waals surface area (Å²) >= 11 is 3.48. The van der Waals surface area contributed by atoms with Crippen LogP contribution in [0.25, 0.3) is 0 Å². The van der Waals surface area contributed by atoms with Crippen molar-refractivity contribution in [2.24, 2.45) is 0 Å². The van der Waals surface area contributed by atoms with Crippen LogP contribution in [-0.2, 0) is 4.79 Å². The first-order valence-corrected chi connectivity index (χ1v) is 8.66. The van der Waals surface area contributed by atoms with E-state index in [1.165, 1.54) is 0 Å². The first kappa shape index (κ1) is 14.5. The van der Waals surface area contributed by atoms with E-state index < -0.39 is 0 Å². The van der Waals surface area contributed by atoms with Crippen LogP contribution < -0.4 is 10.6 Å². The molecule has 23 heavy (non-hydrogen) atoms. The summed E-state index contributed by atoms with van der Waals surface area (Å²) < 4.78 is 1.04. The van der Waals surface area contributed by atoms with Crippen LogP contribution in [0, 0.1) is 0 Å². The first-order valence-electron chi connectivity index (χ1n) is 7.86. The quantitative estimate of drug-likeness (QED) is 0.740. The lowest BCUT2D eigenvalue weighted by Crippen LogP contribution is -2.23. The molecule has 0 fully saturated rings. The number of hydrogen-bond donors (Lipinski definition) is 2. The molecule has 0 saturated carbocycles. The fraction of sp³-hybridized carbons (Fsp3) is 0.211. The molecule has 2 N–H and O–H groups in total. The molecule has 0 spiro atoms. The Balaban J connectivity index is 1.86. The lowest BCUT2D eigenvalue weighted by Gasteiger charge is -2.25. The van der Waals surface area contributed by atoms with Crippen LogP contribution in [0.15, 0.2) is 64.3 Å². The summed E-state index contributed by atoms with van der Waals surface area (Å²) in [6.07, 6.45) is 2.47. The Morgan fingerprint density at radius 1 is 0.957 bits per heavy atom. The van der Waals surface area contributed by atoms with Gasteiger partial charge in [0.25, 0.3) is 0 Å². The molecule has 1 atom stereocenters. The van der Waals surface area contributed by atoms with Gasteiger partial charge in [-0.05, 0) is 42.7 Å². The summed E-state index contributed by atoms with van der Waals surface area (Å²) in [4.78, 5) is 12.6. The van der Waals surface area contributed by atoms with Crippen LogP contribution >= 0.6 is 15.9 Å². The molecule has 0 aromatic heterocycles. The van der Waals surface area contributed by atoms with Gasteiger partial charge in [0.1, 0.15) is 0 Å². The number of carbonyl (C=O) groups excluding carboxylic acids is 1. The van der Waals surface area contributed by atoms with Gasteiger partial charge in [0.05, 0.1) is 17.4 Å². The minimum Gasteiger partial charge on any atom is -0.372 e. The summed E-state index contributed by atoms with van der Waals surface area (Å²) in [5.41, 5.74) is 5.12. The Kier molecular flexibility index (Phi) is 3.69. The lowest BCUT2D eigenvalue weighted by molar-refractivity contribution is -0.116. The van der Waals surface area contributed by atoms with Gasteiger partial charge in [-0.2, -0.15) is 0 Å². The van der Waals surface area contributed by atoms with Gasteiger partial charge in [-0.3, -0.25) is 4.79 Å². The second-order valence-corrected chi connectivity index (χ2v) is 6.88. The van der Waals surface area contributed by atoms with E-state index in [-0.39, 0.29) is 11.8 Å². The Morgan fingerprint density at radius 2 is 1.70 bits per heavy atom. The summed E-state index contributed by atoms with van der Waals surface area (Å²) in [6, 6.07) is 16.2. The van der Waals surface area contributed by atoms with Crippen LogP contribution in [0.5, 0.6) is 0 Å².